The maximum absolute atomic E-state index is 9.51. The van der Waals surface area contributed by atoms with Gasteiger partial charge in [0.1, 0.15) is 0 Å². The first-order valence-electron chi connectivity index (χ1n) is 4.42. The Morgan fingerprint density at radius 2 is 1.82 bits per heavy atom. The first-order chi connectivity index (χ1) is 4.98. The Balaban J connectivity index is 3.61. The van der Waals surface area contributed by atoms with Crippen LogP contribution in [0.2, 0.25) is 0 Å². The van der Waals surface area contributed by atoms with Gasteiger partial charge in [-0.1, -0.05) is 0 Å². The normalized spacial score (nSPS) is 14.0. The average Bonchev–Trinajstić information content (AvgIpc) is 1.81. The zero-order valence-electron chi connectivity index (χ0n) is 7.80. The van der Waals surface area contributed by atoms with Crippen molar-refractivity contribution >= 4 is 7.72 Å². The van der Waals surface area contributed by atoms with E-state index in [2.05, 4.69) is 6.92 Å². The van der Waals surface area contributed by atoms with Crippen LogP contribution in [0.3, 0.4) is 0 Å². The molecule has 70 valence electrons. The molecule has 0 unspecified atom stereocenters. The third-order valence-corrected chi connectivity index (χ3v) is 4.29. The summed E-state index contributed by atoms with van der Waals surface area (Å²) in [6.07, 6.45) is 3.26. The van der Waals surface area contributed by atoms with Gasteiger partial charge in [-0.2, -0.15) is 0 Å². The molecule has 0 fully saturated rings. The molecule has 0 amide bonds. The van der Waals surface area contributed by atoms with E-state index in [-0.39, 0.29) is 0 Å². The van der Waals surface area contributed by atoms with E-state index in [1.54, 1.807) is 0 Å². The van der Waals surface area contributed by atoms with Crippen molar-refractivity contribution in [3.63, 3.8) is 0 Å². The summed E-state index contributed by atoms with van der Waals surface area (Å²) in [4.78, 5) is 19.0. The van der Waals surface area contributed by atoms with Crippen molar-refractivity contribution in [2.75, 3.05) is 12.3 Å². The molecule has 0 saturated heterocycles. The van der Waals surface area contributed by atoms with Crippen LogP contribution in [0.5, 0.6) is 0 Å². The quantitative estimate of drug-likeness (QED) is 0.635. The van der Waals surface area contributed by atoms with Crippen LogP contribution in [0.1, 0.15) is 33.6 Å². The molecule has 2 N–H and O–H groups in total. The minimum atomic E-state index is -2.79. The molecule has 2 nitrogen and oxygen atoms in total. The van der Waals surface area contributed by atoms with Crippen LogP contribution in [-0.4, -0.2) is 22.1 Å². The Bertz CT molecular complexity index is 102. The third kappa shape index (κ3) is 6.74. The standard InChI is InChI=1S/C8H21O2P/c1-4-5-6-11(9,10)7-8(2)3/h8-11H,4-7H2,1-3H3. The van der Waals surface area contributed by atoms with Gasteiger partial charge in [0.05, 0.1) is 0 Å². The zero-order valence-corrected chi connectivity index (χ0v) is 8.80. The van der Waals surface area contributed by atoms with E-state index in [1.165, 1.54) is 0 Å². The molecule has 0 aromatic carbocycles. The van der Waals surface area contributed by atoms with Gasteiger partial charge < -0.3 is 0 Å². The van der Waals surface area contributed by atoms with Gasteiger partial charge in [-0.15, -0.1) is 0 Å². The summed E-state index contributed by atoms with van der Waals surface area (Å²) < 4.78 is 0. The third-order valence-electron chi connectivity index (χ3n) is 1.67. The van der Waals surface area contributed by atoms with E-state index in [1.807, 2.05) is 13.8 Å². The first-order valence-corrected chi connectivity index (χ1v) is 6.73. The molecule has 3 heteroatoms. The molecular formula is C8H21O2P. The summed E-state index contributed by atoms with van der Waals surface area (Å²) in [5.41, 5.74) is 0. The summed E-state index contributed by atoms with van der Waals surface area (Å²) >= 11 is 0. The van der Waals surface area contributed by atoms with Gasteiger partial charge in [-0.3, -0.25) is 0 Å². The molecule has 0 aromatic rings. The van der Waals surface area contributed by atoms with Crippen molar-refractivity contribution in [3.05, 3.63) is 0 Å². The molecule has 0 saturated carbocycles. The van der Waals surface area contributed by atoms with Crippen molar-refractivity contribution in [2.24, 2.45) is 5.92 Å². The van der Waals surface area contributed by atoms with Gasteiger partial charge in [0.15, 0.2) is 0 Å². The minimum absolute atomic E-state index is 0.411. The van der Waals surface area contributed by atoms with Crippen molar-refractivity contribution < 1.29 is 9.79 Å². The van der Waals surface area contributed by atoms with Gasteiger partial charge in [-0.05, 0) is 0 Å². The molecule has 0 rings (SSSR count). The molecule has 0 aromatic heterocycles. The Morgan fingerprint density at radius 3 is 2.18 bits per heavy atom. The van der Waals surface area contributed by atoms with Crippen LogP contribution in [0, 0.1) is 5.92 Å². The molecule has 0 bridgehead atoms. The summed E-state index contributed by atoms with van der Waals surface area (Å²) in [5.74, 6) is 0.411. The summed E-state index contributed by atoms with van der Waals surface area (Å²) in [6.45, 7) is 6.13. The van der Waals surface area contributed by atoms with Crippen LogP contribution < -0.4 is 0 Å². The van der Waals surface area contributed by atoms with Gasteiger partial charge in [0.25, 0.3) is 0 Å². The Morgan fingerprint density at radius 1 is 1.27 bits per heavy atom. The number of hydrogen-bond donors (Lipinski definition) is 2. The maximum atomic E-state index is 9.51. The average molecular weight is 180 g/mol. The van der Waals surface area contributed by atoms with E-state index in [0.29, 0.717) is 18.2 Å². The summed E-state index contributed by atoms with van der Waals surface area (Å²) in [5, 5.41) is 0. The zero-order chi connectivity index (χ0) is 8.91. The fraction of sp³-hybridized carbons (Fsp3) is 1.00. The Hall–Kier alpha value is 0.350. The van der Waals surface area contributed by atoms with Crippen LogP contribution >= 0.6 is 7.72 Å². The molecule has 0 atom stereocenters. The summed E-state index contributed by atoms with van der Waals surface area (Å²) in [6, 6.07) is 0. The number of unbranched alkanes of at least 4 members (excludes halogenated alkanes) is 1. The fourth-order valence-corrected chi connectivity index (χ4v) is 3.65. The van der Waals surface area contributed by atoms with E-state index < -0.39 is 7.72 Å². The van der Waals surface area contributed by atoms with Gasteiger partial charge >= 0.3 is 69.4 Å². The van der Waals surface area contributed by atoms with E-state index in [9.17, 15) is 9.79 Å². The predicted octanol–water partition coefficient (Wildman–Crippen LogP) is 2.01. The molecule has 0 spiro atoms. The molecule has 0 aliphatic heterocycles. The van der Waals surface area contributed by atoms with E-state index in [0.717, 1.165) is 12.8 Å². The number of rotatable bonds is 5. The molecule has 0 radical (unpaired) electrons. The van der Waals surface area contributed by atoms with Crippen LogP contribution in [-0.2, 0) is 0 Å². The van der Waals surface area contributed by atoms with Crippen molar-refractivity contribution in [2.45, 2.75) is 33.6 Å². The second-order valence-corrected chi connectivity index (χ2v) is 6.56. The Labute approximate surface area is 70.1 Å². The van der Waals surface area contributed by atoms with Crippen molar-refractivity contribution in [3.8, 4) is 0 Å². The molecular weight excluding hydrogens is 159 g/mol. The molecule has 0 aliphatic rings. The summed E-state index contributed by atoms with van der Waals surface area (Å²) in [7, 11) is -2.79. The SMILES string of the molecule is CCCC[PH](O)(O)CC(C)C. The topological polar surface area (TPSA) is 40.5 Å². The van der Waals surface area contributed by atoms with Gasteiger partial charge in [0.2, 0.25) is 0 Å². The second kappa shape index (κ2) is 5.08. The fourth-order valence-electron chi connectivity index (χ4n) is 1.22. The van der Waals surface area contributed by atoms with Crippen molar-refractivity contribution in [1.29, 1.82) is 0 Å². The van der Waals surface area contributed by atoms with Gasteiger partial charge in [0, 0.05) is 0 Å². The first kappa shape index (κ1) is 11.4. The van der Waals surface area contributed by atoms with Crippen LogP contribution in [0.4, 0.5) is 0 Å². The van der Waals surface area contributed by atoms with Crippen LogP contribution in [0.25, 0.3) is 0 Å². The number of hydrogen-bond acceptors (Lipinski definition) is 2. The van der Waals surface area contributed by atoms with E-state index >= 15 is 0 Å². The van der Waals surface area contributed by atoms with Crippen LogP contribution in [0.15, 0.2) is 0 Å². The second-order valence-electron chi connectivity index (χ2n) is 3.68. The Kier molecular flexibility index (Phi) is 5.24. The predicted molar refractivity (Wildman–Crippen MR) is 52.2 cm³/mol. The van der Waals surface area contributed by atoms with Crippen molar-refractivity contribution in [1.82, 2.24) is 0 Å². The molecule has 11 heavy (non-hydrogen) atoms. The molecule has 0 aliphatic carbocycles. The molecule has 0 heterocycles. The monoisotopic (exact) mass is 180 g/mol. The van der Waals surface area contributed by atoms with Gasteiger partial charge in [-0.25, -0.2) is 0 Å². The van der Waals surface area contributed by atoms with E-state index in [4.69, 9.17) is 0 Å².